The molecule has 0 atom stereocenters. The van der Waals surface area contributed by atoms with E-state index in [1.54, 1.807) is 11.8 Å². The van der Waals surface area contributed by atoms with Gasteiger partial charge in [-0.3, -0.25) is 9.48 Å². The largest absolute Gasteiger partial charge is 0.497 e. The lowest BCUT2D eigenvalue weighted by atomic mass is 10.2. The molecule has 42 heavy (non-hydrogen) atoms. The van der Waals surface area contributed by atoms with Crippen molar-refractivity contribution in [1.82, 2.24) is 9.36 Å². The SMILES string of the molecule is COc1ccc2c(c1)c(=O)n(Cc1ccc(OCc3ccccc3)cc1)n2Cc1ccc(OCc2ccccc2)cc1. The molecule has 0 unspecified atom stereocenters. The number of nitrogens with zero attached hydrogens (tertiary/aromatic N) is 2. The predicted octanol–water partition coefficient (Wildman–Crippen LogP) is 7.07. The topological polar surface area (TPSA) is 54.6 Å². The Balaban J connectivity index is 1.22. The molecule has 0 fully saturated rings. The average molecular weight is 557 g/mol. The Morgan fingerprint density at radius 1 is 0.524 bits per heavy atom. The smallest absolute Gasteiger partial charge is 0.275 e. The van der Waals surface area contributed by atoms with Gasteiger partial charge in [-0.05, 0) is 64.7 Å². The van der Waals surface area contributed by atoms with Crippen molar-refractivity contribution in [2.75, 3.05) is 7.11 Å². The molecule has 5 aromatic carbocycles. The van der Waals surface area contributed by atoms with Gasteiger partial charge in [-0.25, -0.2) is 4.68 Å². The van der Waals surface area contributed by atoms with Gasteiger partial charge in [0.15, 0.2) is 0 Å². The lowest BCUT2D eigenvalue weighted by Crippen LogP contribution is -2.24. The molecule has 0 aliphatic carbocycles. The average Bonchev–Trinajstić information content (AvgIpc) is 3.30. The molecule has 0 aliphatic heterocycles. The third-order valence-corrected chi connectivity index (χ3v) is 7.25. The Labute approximate surface area is 244 Å². The van der Waals surface area contributed by atoms with Crippen molar-refractivity contribution in [2.45, 2.75) is 26.3 Å². The quantitative estimate of drug-likeness (QED) is 0.171. The minimum absolute atomic E-state index is 0.0591. The maximum atomic E-state index is 13.7. The zero-order valence-electron chi connectivity index (χ0n) is 23.5. The summed E-state index contributed by atoms with van der Waals surface area (Å²) < 4.78 is 21.2. The number of fused-ring (bicyclic) bond motifs is 1. The number of hydrogen-bond donors (Lipinski definition) is 0. The van der Waals surface area contributed by atoms with E-state index in [9.17, 15) is 4.79 Å². The highest BCUT2D eigenvalue weighted by atomic mass is 16.5. The summed E-state index contributed by atoms with van der Waals surface area (Å²) in [5.74, 6) is 2.25. The maximum Gasteiger partial charge on any atom is 0.275 e. The molecule has 210 valence electrons. The van der Waals surface area contributed by atoms with E-state index in [4.69, 9.17) is 14.2 Å². The summed E-state index contributed by atoms with van der Waals surface area (Å²) in [5, 5.41) is 0.625. The van der Waals surface area contributed by atoms with Crippen LogP contribution in [0.15, 0.2) is 132 Å². The summed E-state index contributed by atoms with van der Waals surface area (Å²) in [6, 6.07) is 41.8. The number of rotatable bonds is 11. The molecule has 0 bridgehead atoms. The molecule has 0 spiro atoms. The summed E-state index contributed by atoms with van der Waals surface area (Å²) >= 11 is 0. The molecule has 1 heterocycles. The first kappa shape index (κ1) is 27.0. The van der Waals surface area contributed by atoms with Gasteiger partial charge in [0, 0.05) is 0 Å². The monoisotopic (exact) mass is 556 g/mol. The van der Waals surface area contributed by atoms with Gasteiger partial charge in [-0.15, -0.1) is 0 Å². The van der Waals surface area contributed by atoms with Crippen LogP contribution in [0.4, 0.5) is 0 Å². The molecule has 6 nitrogen and oxygen atoms in total. The Hall–Kier alpha value is -5.23. The van der Waals surface area contributed by atoms with Crippen LogP contribution in [0.25, 0.3) is 10.9 Å². The van der Waals surface area contributed by atoms with Crippen molar-refractivity contribution in [3.8, 4) is 17.2 Å². The van der Waals surface area contributed by atoms with E-state index < -0.39 is 0 Å². The van der Waals surface area contributed by atoms with E-state index in [0.29, 0.717) is 37.4 Å². The fourth-order valence-corrected chi connectivity index (χ4v) is 4.95. The van der Waals surface area contributed by atoms with Crippen molar-refractivity contribution in [3.05, 3.63) is 160 Å². The first-order valence-corrected chi connectivity index (χ1v) is 13.9. The van der Waals surface area contributed by atoms with Gasteiger partial charge in [0.2, 0.25) is 0 Å². The molecule has 6 heteroatoms. The lowest BCUT2D eigenvalue weighted by Gasteiger charge is -2.14. The molecule has 1 aromatic heterocycles. The van der Waals surface area contributed by atoms with Gasteiger partial charge in [0.25, 0.3) is 5.56 Å². The fraction of sp³-hybridized carbons (Fsp3) is 0.139. The fourth-order valence-electron chi connectivity index (χ4n) is 4.95. The minimum Gasteiger partial charge on any atom is -0.497 e. The molecule has 0 saturated heterocycles. The standard InChI is InChI=1S/C36H32N2O4/c1-40-33-20-21-35-34(22-33)36(39)38(24-28-14-18-32(19-15-28)42-26-30-10-6-3-7-11-30)37(35)23-27-12-16-31(17-13-27)41-25-29-8-4-2-5-9-29/h2-22H,23-26H2,1H3. The number of methoxy groups -OCH3 is 1. The Kier molecular flexibility index (Phi) is 8.04. The van der Waals surface area contributed by atoms with Gasteiger partial charge < -0.3 is 14.2 Å². The highest BCUT2D eigenvalue weighted by Gasteiger charge is 2.15. The van der Waals surface area contributed by atoms with Crippen LogP contribution in [0, 0.1) is 0 Å². The van der Waals surface area contributed by atoms with Crippen LogP contribution in [0.2, 0.25) is 0 Å². The molecular weight excluding hydrogens is 524 g/mol. The van der Waals surface area contributed by atoms with E-state index in [1.807, 2.05) is 132 Å². The third kappa shape index (κ3) is 6.23. The molecule has 6 aromatic rings. The molecule has 0 amide bonds. The van der Waals surface area contributed by atoms with Crippen LogP contribution >= 0.6 is 0 Å². The zero-order chi connectivity index (χ0) is 28.7. The molecule has 0 N–H and O–H groups in total. The normalized spacial score (nSPS) is 11.0. The summed E-state index contributed by atoms with van der Waals surface area (Å²) in [4.78, 5) is 13.7. The van der Waals surface area contributed by atoms with Gasteiger partial charge in [-0.1, -0.05) is 84.9 Å². The Bertz CT molecular complexity index is 1810. The van der Waals surface area contributed by atoms with E-state index in [1.165, 1.54) is 0 Å². The van der Waals surface area contributed by atoms with Crippen molar-refractivity contribution in [1.29, 1.82) is 0 Å². The second kappa shape index (κ2) is 12.5. The number of hydrogen-bond acceptors (Lipinski definition) is 4. The summed E-state index contributed by atoms with van der Waals surface area (Å²) in [6.45, 7) is 1.97. The summed E-state index contributed by atoms with van der Waals surface area (Å²) in [7, 11) is 1.61. The second-order valence-corrected chi connectivity index (χ2v) is 10.1. The predicted molar refractivity (Wildman–Crippen MR) is 165 cm³/mol. The number of aromatic nitrogens is 2. The van der Waals surface area contributed by atoms with E-state index >= 15 is 0 Å². The van der Waals surface area contributed by atoms with Crippen molar-refractivity contribution < 1.29 is 14.2 Å². The van der Waals surface area contributed by atoms with Crippen molar-refractivity contribution in [3.63, 3.8) is 0 Å². The lowest BCUT2D eigenvalue weighted by molar-refractivity contribution is 0.306. The molecule has 0 radical (unpaired) electrons. The first-order chi connectivity index (χ1) is 20.7. The van der Waals surface area contributed by atoms with Gasteiger partial charge in [-0.2, -0.15) is 0 Å². The van der Waals surface area contributed by atoms with Crippen molar-refractivity contribution >= 4 is 10.9 Å². The Morgan fingerprint density at radius 2 is 1.00 bits per heavy atom. The Morgan fingerprint density at radius 3 is 1.50 bits per heavy atom. The highest BCUT2D eigenvalue weighted by molar-refractivity contribution is 5.80. The van der Waals surface area contributed by atoms with Crippen LogP contribution in [-0.2, 0) is 26.3 Å². The number of ether oxygens (including phenoxy) is 3. The maximum absolute atomic E-state index is 13.7. The minimum atomic E-state index is -0.0591. The van der Waals surface area contributed by atoms with E-state index in [2.05, 4.69) is 0 Å². The third-order valence-electron chi connectivity index (χ3n) is 7.25. The van der Waals surface area contributed by atoms with E-state index in [-0.39, 0.29) is 5.56 Å². The van der Waals surface area contributed by atoms with Crippen LogP contribution in [0.3, 0.4) is 0 Å². The molecule has 6 rings (SSSR count). The number of benzene rings is 5. The van der Waals surface area contributed by atoms with Gasteiger partial charge in [0.05, 0.1) is 31.1 Å². The highest BCUT2D eigenvalue weighted by Crippen LogP contribution is 2.22. The van der Waals surface area contributed by atoms with Crippen LogP contribution < -0.4 is 19.8 Å². The van der Waals surface area contributed by atoms with Crippen molar-refractivity contribution in [2.24, 2.45) is 0 Å². The first-order valence-electron chi connectivity index (χ1n) is 13.9. The molecule has 0 saturated carbocycles. The second-order valence-electron chi connectivity index (χ2n) is 10.1. The molecule has 0 aliphatic rings. The zero-order valence-corrected chi connectivity index (χ0v) is 23.5. The van der Waals surface area contributed by atoms with E-state index in [0.717, 1.165) is 39.3 Å². The van der Waals surface area contributed by atoms with Crippen LogP contribution in [0.5, 0.6) is 17.2 Å². The van der Waals surface area contributed by atoms with Crippen LogP contribution in [0.1, 0.15) is 22.3 Å². The van der Waals surface area contributed by atoms with Gasteiger partial charge >= 0.3 is 0 Å². The van der Waals surface area contributed by atoms with Crippen LogP contribution in [-0.4, -0.2) is 16.5 Å². The van der Waals surface area contributed by atoms with Gasteiger partial charge in [0.1, 0.15) is 30.5 Å². The molecular formula is C36H32N2O4. The summed E-state index contributed by atoms with van der Waals surface area (Å²) in [5.41, 5.74) is 5.10. The summed E-state index contributed by atoms with van der Waals surface area (Å²) in [6.07, 6.45) is 0.